The van der Waals surface area contributed by atoms with Crippen LogP contribution in [0.4, 0.5) is 0 Å². The smallest absolute Gasteiger partial charge is 0.104 e. The van der Waals surface area contributed by atoms with Gasteiger partial charge in [0.2, 0.25) is 0 Å². The first-order chi connectivity index (χ1) is 6.58. The molecule has 2 rings (SSSR count). The summed E-state index contributed by atoms with van der Waals surface area (Å²) in [5.74, 6) is 1.50. The molecular weight excluding hydrogens is 240 g/mol. The summed E-state index contributed by atoms with van der Waals surface area (Å²) in [4.78, 5) is 7.66. The number of nitrogens with one attached hydrogen (secondary N) is 1. The van der Waals surface area contributed by atoms with E-state index in [1.54, 1.807) is 0 Å². The Morgan fingerprint density at radius 2 is 2.07 bits per heavy atom. The number of aromatic nitrogens is 2. The molecule has 0 bridgehead atoms. The summed E-state index contributed by atoms with van der Waals surface area (Å²) in [6, 6.07) is 4.32. The van der Waals surface area contributed by atoms with E-state index in [2.05, 4.69) is 51.9 Å². The van der Waals surface area contributed by atoms with Gasteiger partial charge in [-0.2, -0.15) is 0 Å². The summed E-state index contributed by atoms with van der Waals surface area (Å²) in [6.45, 7) is 6.36. The predicted molar refractivity (Wildman–Crippen MR) is 62.6 cm³/mol. The minimum Gasteiger partial charge on any atom is -0.342 e. The number of aryl methyl sites for hydroxylation is 1. The zero-order valence-corrected chi connectivity index (χ0v) is 10.1. The van der Waals surface area contributed by atoms with Crippen molar-refractivity contribution in [2.75, 3.05) is 0 Å². The van der Waals surface area contributed by atoms with Crippen molar-refractivity contribution >= 4 is 27.0 Å². The van der Waals surface area contributed by atoms with Crippen LogP contribution in [-0.4, -0.2) is 9.97 Å². The Balaban J connectivity index is 2.71. The van der Waals surface area contributed by atoms with Gasteiger partial charge in [0, 0.05) is 4.47 Å². The third kappa shape index (κ3) is 1.57. The molecule has 1 N–H and O–H groups in total. The minimum atomic E-state index is 0.541. The fourth-order valence-electron chi connectivity index (χ4n) is 1.55. The molecule has 0 fully saturated rings. The van der Waals surface area contributed by atoms with E-state index in [1.807, 2.05) is 6.92 Å². The van der Waals surface area contributed by atoms with Crippen molar-refractivity contribution < 1.29 is 0 Å². The third-order valence-electron chi connectivity index (χ3n) is 2.35. The highest BCUT2D eigenvalue weighted by Gasteiger charge is 2.07. The number of hydrogen-bond acceptors (Lipinski definition) is 1. The van der Waals surface area contributed by atoms with Gasteiger partial charge in [0.05, 0.1) is 5.52 Å². The fourth-order valence-corrected chi connectivity index (χ4v) is 2.12. The van der Waals surface area contributed by atoms with Gasteiger partial charge in [-0.15, -0.1) is 0 Å². The van der Waals surface area contributed by atoms with Crippen LogP contribution in [0.2, 0.25) is 0 Å². The van der Waals surface area contributed by atoms with Gasteiger partial charge in [-0.1, -0.05) is 13.8 Å². The second-order valence-corrected chi connectivity index (χ2v) is 4.73. The van der Waals surface area contributed by atoms with E-state index in [0.29, 0.717) is 5.92 Å². The van der Waals surface area contributed by atoms with Crippen LogP contribution in [0.1, 0.15) is 31.2 Å². The van der Waals surface area contributed by atoms with Crippen molar-refractivity contribution in [1.29, 1.82) is 0 Å². The molecule has 2 nitrogen and oxygen atoms in total. The number of halogens is 1. The van der Waals surface area contributed by atoms with Crippen LogP contribution in [0.3, 0.4) is 0 Å². The summed E-state index contributed by atoms with van der Waals surface area (Å²) in [5.41, 5.74) is 3.46. The molecule has 1 aromatic carbocycles. The molecule has 14 heavy (non-hydrogen) atoms. The summed E-state index contributed by atoms with van der Waals surface area (Å²) >= 11 is 3.55. The van der Waals surface area contributed by atoms with Crippen molar-refractivity contribution in [2.24, 2.45) is 0 Å². The van der Waals surface area contributed by atoms with Crippen molar-refractivity contribution in [3.8, 4) is 0 Å². The van der Waals surface area contributed by atoms with Crippen molar-refractivity contribution in [1.82, 2.24) is 9.97 Å². The molecule has 0 aliphatic carbocycles. The lowest BCUT2D eigenvalue weighted by Crippen LogP contribution is -1.87. The number of H-pyrrole nitrogens is 1. The Morgan fingerprint density at radius 3 is 2.71 bits per heavy atom. The Morgan fingerprint density at radius 1 is 1.36 bits per heavy atom. The van der Waals surface area contributed by atoms with Gasteiger partial charge >= 0.3 is 0 Å². The van der Waals surface area contributed by atoms with Crippen molar-refractivity contribution in [3.63, 3.8) is 0 Å². The second kappa shape index (κ2) is 3.39. The highest BCUT2D eigenvalue weighted by Crippen LogP contribution is 2.27. The van der Waals surface area contributed by atoms with Gasteiger partial charge in [-0.3, -0.25) is 0 Å². The highest BCUT2D eigenvalue weighted by molar-refractivity contribution is 9.10. The molecule has 74 valence electrons. The molecule has 1 aromatic heterocycles. The molecule has 0 saturated heterocycles. The van der Waals surface area contributed by atoms with Crippen molar-refractivity contribution in [3.05, 3.63) is 28.0 Å². The van der Waals surface area contributed by atoms with E-state index in [4.69, 9.17) is 0 Å². The lowest BCUT2D eigenvalue weighted by atomic mass is 10.0. The molecule has 0 aliphatic heterocycles. The molecular formula is C11H13BrN2. The van der Waals surface area contributed by atoms with Crippen molar-refractivity contribution in [2.45, 2.75) is 26.7 Å². The zero-order chi connectivity index (χ0) is 10.3. The number of benzene rings is 1. The van der Waals surface area contributed by atoms with Gasteiger partial charge in [0.1, 0.15) is 11.3 Å². The van der Waals surface area contributed by atoms with E-state index >= 15 is 0 Å². The first-order valence-corrected chi connectivity index (χ1v) is 5.53. The molecule has 0 atom stereocenters. The average molecular weight is 253 g/mol. The largest absolute Gasteiger partial charge is 0.342 e. The molecule has 0 amide bonds. The van der Waals surface area contributed by atoms with Crippen LogP contribution >= 0.6 is 15.9 Å². The predicted octanol–water partition coefficient (Wildman–Crippen LogP) is 3.76. The van der Waals surface area contributed by atoms with E-state index in [0.717, 1.165) is 21.3 Å². The van der Waals surface area contributed by atoms with Gasteiger partial charge in [0.25, 0.3) is 0 Å². The second-order valence-electron chi connectivity index (χ2n) is 3.88. The third-order valence-corrected chi connectivity index (χ3v) is 2.95. The van der Waals surface area contributed by atoms with Crippen LogP contribution in [0.5, 0.6) is 0 Å². The van der Waals surface area contributed by atoms with E-state index in [9.17, 15) is 0 Å². The summed E-state index contributed by atoms with van der Waals surface area (Å²) in [7, 11) is 0. The van der Waals surface area contributed by atoms with E-state index in [-0.39, 0.29) is 0 Å². The molecule has 0 aliphatic rings. The first-order valence-electron chi connectivity index (χ1n) is 4.73. The molecule has 0 spiro atoms. The number of imidazole rings is 1. The summed E-state index contributed by atoms with van der Waals surface area (Å²) in [5, 5.41) is 0. The standard InChI is InChI=1S/C11H13BrN2/c1-6(2)8-4-9(12)11-10(5-8)13-7(3)14-11/h4-6H,1-3H3,(H,13,14). The lowest BCUT2D eigenvalue weighted by molar-refractivity contribution is 0.867. The molecule has 0 unspecified atom stereocenters. The van der Waals surface area contributed by atoms with E-state index < -0.39 is 0 Å². The normalized spacial score (nSPS) is 11.5. The maximum Gasteiger partial charge on any atom is 0.104 e. The van der Waals surface area contributed by atoms with Gasteiger partial charge < -0.3 is 4.98 Å². The maximum atomic E-state index is 4.41. The zero-order valence-electron chi connectivity index (χ0n) is 8.56. The maximum absolute atomic E-state index is 4.41. The van der Waals surface area contributed by atoms with Crippen LogP contribution in [0.15, 0.2) is 16.6 Å². The number of rotatable bonds is 1. The molecule has 3 heteroatoms. The number of nitrogens with zero attached hydrogens (tertiary/aromatic N) is 1. The Hall–Kier alpha value is -0.830. The minimum absolute atomic E-state index is 0.541. The van der Waals surface area contributed by atoms with Gasteiger partial charge in [0.15, 0.2) is 0 Å². The Kier molecular flexibility index (Phi) is 2.35. The van der Waals surface area contributed by atoms with Gasteiger partial charge in [-0.25, -0.2) is 4.98 Å². The molecule has 0 radical (unpaired) electrons. The molecule has 1 heterocycles. The quantitative estimate of drug-likeness (QED) is 0.823. The number of aromatic amines is 1. The van der Waals surface area contributed by atoms with Crippen LogP contribution in [0.25, 0.3) is 11.0 Å². The van der Waals surface area contributed by atoms with E-state index in [1.165, 1.54) is 5.56 Å². The fraction of sp³-hybridized carbons (Fsp3) is 0.364. The Bertz CT molecular complexity index is 471. The number of hydrogen-bond donors (Lipinski definition) is 1. The van der Waals surface area contributed by atoms with Crippen LogP contribution < -0.4 is 0 Å². The monoisotopic (exact) mass is 252 g/mol. The molecule has 0 saturated carbocycles. The summed E-state index contributed by atoms with van der Waals surface area (Å²) in [6.07, 6.45) is 0. The Labute approximate surface area is 91.9 Å². The first kappa shape index (κ1) is 9.71. The molecule has 2 aromatic rings. The summed E-state index contributed by atoms with van der Waals surface area (Å²) < 4.78 is 1.07. The highest BCUT2D eigenvalue weighted by atomic mass is 79.9. The topological polar surface area (TPSA) is 28.7 Å². The lowest BCUT2D eigenvalue weighted by Gasteiger charge is -2.05. The van der Waals surface area contributed by atoms with Crippen LogP contribution in [0, 0.1) is 6.92 Å². The number of fused-ring (bicyclic) bond motifs is 1. The van der Waals surface area contributed by atoms with Gasteiger partial charge in [-0.05, 0) is 46.5 Å². The van der Waals surface area contributed by atoms with Crippen LogP contribution in [-0.2, 0) is 0 Å². The average Bonchev–Trinajstić information content (AvgIpc) is 2.45. The SMILES string of the molecule is Cc1nc2c(Br)cc(C(C)C)cc2[nH]1.